The van der Waals surface area contributed by atoms with Crippen molar-refractivity contribution >= 4 is 71.5 Å². The molecule has 6 N–H and O–H groups in total. The van der Waals surface area contributed by atoms with Gasteiger partial charge in [0.15, 0.2) is 35.4 Å². The molecular weight excluding hydrogens is 723 g/mol. The molecule has 7 rings (SSSR count). The van der Waals surface area contributed by atoms with Crippen LogP contribution >= 0.6 is 25.8 Å². The Hall–Kier alpha value is -2.92. The second-order valence-electron chi connectivity index (χ2n) is 10.8. The smallest absolute Gasteiger partial charge is 0.384 e. The number of aromatic amines is 1. The second-order valence-corrected chi connectivity index (χ2v) is 16.4. The van der Waals surface area contributed by atoms with Gasteiger partial charge in [0.25, 0.3) is 11.1 Å². The van der Waals surface area contributed by atoms with Crippen LogP contribution in [0.5, 0.6) is 0 Å². The molecule has 3 aliphatic rings. The summed E-state index contributed by atoms with van der Waals surface area (Å²) in [7, 11) is 1.31. The summed E-state index contributed by atoms with van der Waals surface area (Å²) in [6.07, 6.45) is -9.39. The van der Waals surface area contributed by atoms with Crippen LogP contribution in [0, 0.1) is 0 Å². The Balaban J connectivity index is 1.22. The number of hydrogen-bond donors (Lipinski definition) is 5. The lowest BCUT2D eigenvalue weighted by Crippen LogP contribution is -2.37. The number of alkyl halides is 1. The number of imidazole rings is 1. The Kier molecular flexibility index (Phi) is 8.70. The highest BCUT2D eigenvalue weighted by Gasteiger charge is 2.54. The van der Waals surface area contributed by atoms with Gasteiger partial charge in [-0.05, 0) is 23.9 Å². The summed E-state index contributed by atoms with van der Waals surface area (Å²) >= 11 is 9.33. The largest absolute Gasteiger partial charge is 0.386 e. The molecule has 0 amide bonds. The zero-order chi connectivity index (χ0) is 34.1. The Bertz CT molecular complexity index is 2120. The predicted molar refractivity (Wildman–Crippen MR) is 169 cm³/mol. The van der Waals surface area contributed by atoms with Gasteiger partial charge in [-0.15, -0.1) is 0 Å². The number of aromatic nitrogens is 7. The average molecular weight is 750 g/mol. The van der Waals surface area contributed by atoms with E-state index in [1.165, 1.54) is 30.1 Å². The van der Waals surface area contributed by atoms with Crippen molar-refractivity contribution in [2.75, 3.05) is 31.8 Å². The average Bonchev–Trinajstić information content (AvgIpc) is 3.68. The molecule has 2 unspecified atom stereocenters. The molecule has 20 nitrogen and oxygen atoms in total. The highest BCUT2D eigenvalue weighted by atomic mass is 32.7. The summed E-state index contributed by atoms with van der Waals surface area (Å²) in [6.45, 7) is -9.88. The van der Waals surface area contributed by atoms with Crippen LogP contribution in [-0.4, -0.2) is 96.0 Å². The first-order valence-electron chi connectivity index (χ1n) is 13.9. The van der Waals surface area contributed by atoms with Gasteiger partial charge in [0, 0.05) is 7.11 Å². The quantitative estimate of drug-likeness (QED) is 0.139. The van der Waals surface area contributed by atoms with Gasteiger partial charge in [-0.3, -0.25) is 37.3 Å². The third kappa shape index (κ3) is 6.07. The fourth-order valence-corrected chi connectivity index (χ4v) is 8.58. The summed E-state index contributed by atoms with van der Waals surface area (Å²) in [5, 5.41) is 0.0246. The van der Waals surface area contributed by atoms with E-state index in [4.69, 9.17) is 55.6 Å². The second kappa shape index (κ2) is 12.4. The molecule has 10 atom stereocenters. The standard InChI is InChI=1S/C23H26FN9O11P2S2/c1-38-15-10-5-40-45(36,47)43-14-9(41-21(12(14)24)33-7-28-17-8(20(33)35)2-3-11(25)29-17)4-39-46(37,48)44-16(15)22(42-10)32-6-27-13-18(32)30-23(26)31-19(13)34/h2-3,6-7,9-10,12,14-16,21-22H,4-5H2,1H3,(H2,25,29)(H,36,47)(H,37,48)(H3,26,30,31,34)/t9-,10-,12-,14-,15-,16-,21-,22-,45?,46?/m1/s1. The fraction of sp³-hybridized carbons (Fsp3) is 0.478. The van der Waals surface area contributed by atoms with Crippen molar-refractivity contribution < 1.29 is 46.2 Å². The number of hydrogen-bond acceptors (Lipinski definition) is 17. The van der Waals surface area contributed by atoms with E-state index in [2.05, 4.69) is 37.2 Å². The molecule has 7 heterocycles. The van der Waals surface area contributed by atoms with E-state index in [0.29, 0.717) is 0 Å². The zero-order valence-corrected chi connectivity index (χ0v) is 27.8. The Morgan fingerprint density at radius 3 is 2.56 bits per heavy atom. The number of nitrogens with one attached hydrogen (secondary N) is 1. The molecule has 2 bridgehead atoms. The van der Waals surface area contributed by atoms with Crippen molar-refractivity contribution in [3.8, 4) is 0 Å². The van der Waals surface area contributed by atoms with E-state index >= 15 is 4.39 Å². The van der Waals surface area contributed by atoms with Gasteiger partial charge in [-0.1, -0.05) is 12.2 Å². The maximum Gasteiger partial charge on any atom is 0.386 e. The number of thiol groups is 1. The molecule has 25 heteroatoms. The first-order valence-corrected chi connectivity index (χ1v) is 19.2. The molecule has 3 saturated heterocycles. The Labute approximate surface area is 277 Å². The fourth-order valence-electron chi connectivity index (χ4n) is 5.69. The number of nitrogen functional groups attached to an aromatic ring is 2. The van der Waals surface area contributed by atoms with Crippen molar-refractivity contribution in [2.24, 2.45) is 0 Å². The lowest BCUT2D eigenvalue weighted by atomic mass is 10.1. The van der Waals surface area contributed by atoms with Crippen LogP contribution in [0.4, 0.5) is 16.2 Å². The summed E-state index contributed by atoms with van der Waals surface area (Å²) < 4.78 is 72.1. The summed E-state index contributed by atoms with van der Waals surface area (Å²) in [6, 6.07) is 2.76. The minimum Gasteiger partial charge on any atom is -0.384 e. The molecule has 4 aromatic rings. The minimum absolute atomic E-state index is 0.00203. The number of nitrogens with two attached hydrogens (primary N) is 2. The van der Waals surface area contributed by atoms with E-state index < -0.39 is 87.0 Å². The molecule has 3 fully saturated rings. The highest BCUT2D eigenvalue weighted by Crippen LogP contribution is 2.58. The number of anilines is 2. The minimum atomic E-state index is -4.40. The molecule has 48 heavy (non-hydrogen) atoms. The molecule has 258 valence electrons. The number of rotatable bonds is 3. The van der Waals surface area contributed by atoms with Crippen molar-refractivity contribution in [1.29, 1.82) is 0 Å². The van der Waals surface area contributed by atoms with Crippen LogP contribution in [0.2, 0.25) is 0 Å². The number of H-pyrrole nitrogens is 1. The first kappa shape index (κ1) is 33.6. The monoisotopic (exact) mass is 749 g/mol. The van der Waals surface area contributed by atoms with Crippen LogP contribution in [0.25, 0.3) is 22.2 Å². The molecule has 3 aliphatic heterocycles. The molecule has 4 aromatic heterocycles. The van der Waals surface area contributed by atoms with Crippen molar-refractivity contribution in [3.63, 3.8) is 0 Å². The van der Waals surface area contributed by atoms with E-state index in [1.807, 2.05) is 0 Å². The van der Waals surface area contributed by atoms with Gasteiger partial charge >= 0.3 is 13.5 Å². The SMILES string of the molecule is CO[C@H]1[C@H]2OP(=O)(S)OC[C@H]3O[C@@H](n4cnc5nc(N)ccc5c4=O)[C@H](F)[C@@H]3OP(O)(=S)OC[C@H]1O[C@H]2n1cnc2c(=O)[nH]c(N)nc21. The van der Waals surface area contributed by atoms with E-state index in [0.717, 1.165) is 10.9 Å². The first-order chi connectivity index (χ1) is 22.7. The van der Waals surface area contributed by atoms with E-state index in [9.17, 15) is 19.0 Å². The number of ether oxygens (including phenoxy) is 3. The summed E-state index contributed by atoms with van der Waals surface area (Å²) in [5.74, 6) is -0.0921. The normalized spacial score (nSPS) is 36.0. The number of halogens is 1. The number of pyridine rings is 1. The zero-order valence-electron chi connectivity index (χ0n) is 24.3. The maximum atomic E-state index is 16.1. The highest BCUT2D eigenvalue weighted by molar-refractivity contribution is 8.44. The molecule has 0 radical (unpaired) electrons. The maximum absolute atomic E-state index is 16.1. The van der Waals surface area contributed by atoms with Crippen LogP contribution in [0.1, 0.15) is 12.5 Å². The van der Waals surface area contributed by atoms with Gasteiger partial charge in [0.05, 0.1) is 24.9 Å². The van der Waals surface area contributed by atoms with Crippen LogP contribution < -0.4 is 22.6 Å². The molecule has 0 aliphatic carbocycles. The van der Waals surface area contributed by atoms with Crippen LogP contribution in [-0.2, 0) is 48.7 Å². The molecule has 0 aromatic carbocycles. The topological polar surface area (TPSA) is 265 Å². The van der Waals surface area contributed by atoms with Gasteiger partial charge in [-0.25, -0.2) is 23.9 Å². The van der Waals surface area contributed by atoms with Crippen LogP contribution in [0.15, 0.2) is 34.4 Å². The van der Waals surface area contributed by atoms with Gasteiger partial charge in [0.1, 0.15) is 42.7 Å². The van der Waals surface area contributed by atoms with Gasteiger partial charge in [0.2, 0.25) is 5.95 Å². The molecule has 0 spiro atoms. The third-order valence-corrected chi connectivity index (χ3v) is 11.0. The lowest BCUT2D eigenvalue weighted by molar-refractivity contribution is -0.0600. The Morgan fingerprint density at radius 1 is 1.06 bits per heavy atom. The lowest BCUT2D eigenvalue weighted by Gasteiger charge is -2.27. The van der Waals surface area contributed by atoms with Gasteiger partial charge < -0.3 is 35.1 Å². The Morgan fingerprint density at radius 2 is 1.79 bits per heavy atom. The van der Waals surface area contributed by atoms with Gasteiger partial charge in [-0.2, -0.15) is 4.98 Å². The summed E-state index contributed by atoms with van der Waals surface area (Å²) in [5.41, 5.74) is 10.0. The van der Waals surface area contributed by atoms with Crippen molar-refractivity contribution in [1.82, 2.24) is 34.1 Å². The van der Waals surface area contributed by atoms with Crippen LogP contribution in [0.3, 0.4) is 0 Å². The third-order valence-electron chi connectivity index (χ3n) is 7.80. The number of nitrogens with zero attached hydrogens (tertiary/aromatic N) is 6. The predicted octanol–water partition coefficient (Wildman–Crippen LogP) is 0.309. The van der Waals surface area contributed by atoms with Crippen molar-refractivity contribution in [2.45, 2.75) is 49.1 Å². The molecular formula is C23H26FN9O11P2S2. The van der Waals surface area contributed by atoms with E-state index in [1.54, 1.807) is 0 Å². The summed E-state index contributed by atoms with van der Waals surface area (Å²) in [4.78, 5) is 55.3. The number of fused-ring (bicyclic) bond motifs is 5. The van der Waals surface area contributed by atoms with Crippen molar-refractivity contribution in [3.05, 3.63) is 45.5 Å². The van der Waals surface area contributed by atoms with E-state index in [-0.39, 0.29) is 34.0 Å². The number of methoxy groups -OCH3 is 1. The molecule has 0 saturated carbocycles.